The van der Waals surface area contributed by atoms with E-state index in [-0.39, 0.29) is 0 Å². The van der Waals surface area contributed by atoms with E-state index < -0.39 is 0 Å². The smallest absolute Gasteiger partial charge is 0.0940 e. The molecule has 0 aliphatic carbocycles. The van der Waals surface area contributed by atoms with E-state index in [0.29, 0.717) is 5.92 Å². The molecule has 0 aliphatic heterocycles. The van der Waals surface area contributed by atoms with Gasteiger partial charge >= 0.3 is 0 Å². The van der Waals surface area contributed by atoms with Crippen molar-refractivity contribution in [1.29, 1.82) is 0 Å². The van der Waals surface area contributed by atoms with Gasteiger partial charge in [0.2, 0.25) is 0 Å². The first-order valence-electron chi connectivity index (χ1n) is 4.69. The summed E-state index contributed by atoms with van der Waals surface area (Å²) in [4.78, 5) is 7.99. The van der Waals surface area contributed by atoms with Crippen molar-refractivity contribution < 1.29 is 0 Å². The monoisotopic (exact) mass is 198 g/mol. The number of nitrogens with zero attached hydrogens (tertiary/aromatic N) is 2. The van der Waals surface area contributed by atoms with E-state index in [1.54, 1.807) is 0 Å². The molecule has 0 N–H and O–H groups in total. The minimum absolute atomic E-state index is 0.616. The fraction of sp³-hybridized carbons (Fsp3) is 0.700. The van der Waals surface area contributed by atoms with Crippen LogP contribution in [0.3, 0.4) is 0 Å². The van der Waals surface area contributed by atoms with Crippen LogP contribution in [0.5, 0.6) is 0 Å². The van der Waals surface area contributed by atoms with Crippen molar-refractivity contribution >= 4 is 11.3 Å². The lowest BCUT2D eigenvalue weighted by molar-refractivity contribution is 0.413. The Kier molecular flexibility index (Phi) is 3.88. The lowest BCUT2D eigenvalue weighted by Crippen LogP contribution is -2.14. The number of hydrogen-bond donors (Lipinski definition) is 0. The third-order valence-corrected chi connectivity index (χ3v) is 3.27. The van der Waals surface area contributed by atoms with Crippen molar-refractivity contribution in [3.05, 3.63) is 16.1 Å². The minimum atomic E-state index is 0.616. The molecule has 0 atom stereocenters. The highest BCUT2D eigenvalue weighted by atomic mass is 32.1. The van der Waals surface area contributed by atoms with Crippen LogP contribution < -0.4 is 0 Å². The minimum Gasteiger partial charge on any atom is -0.309 e. The number of thiazole rings is 1. The number of aromatic nitrogens is 1. The summed E-state index contributed by atoms with van der Waals surface area (Å²) in [5.74, 6) is 0.616. The molecule has 0 saturated heterocycles. The second kappa shape index (κ2) is 4.72. The fourth-order valence-corrected chi connectivity index (χ4v) is 1.94. The first kappa shape index (κ1) is 10.7. The van der Waals surface area contributed by atoms with Gasteiger partial charge in [-0.2, -0.15) is 0 Å². The molecule has 0 amide bonds. The van der Waals surface area contributed by atoms with Gasteiger partial charge in [-0.1, -0.05) is 13.8 Å². The molecular weight excluding hydrogens is 180 g/mol. The first-order chi connectivity index (χ1) is 6.09. The molecule has 1 heterocycles. The fourth-order valence-electron chi connectivity index (χ4n) is 1.03. The van der Waals surface area contributed by atoms with Crippen LogP contribution in [0.15, 0.2) is 6.20 Å². The molecule has 0 saturated carbocycles. The molecule has 0 spiro atoms. The van der Waals surface area contributed by atoms with Gasteiger partial charge in [0.05, 0.1) is 5.01 Å². The van der Waals surface area contributed by atoms with E-state index in [1.165, 1.54) is 9.88 Å². The van der Waals surface area contributed by atoms with Gasteiger partial charge in [0.25, 0.3) is 0 Å². The molecule has 1 aromatic heterocycles. The van der Waals surface area contributed by atoms with E-state index in [1.807, 2.05) is 17.5 Å². The zero-order valence-electron chi connectivity index (χ0n) is 8.87. The van der Waals surface area contributed by atoms with E-state index >= 15 is 0 Å². The summed E-state index contributed by atoms with van der Waals surface area (Å²) >= 11 is 1.85. The molecule has 0 bridgehead atoms. The van der Waals surface area contributed by atoms with Gasteiger partial charge in [-0.15, -0.1) is 11.3 Å². The summed E-state index contributed by atoms with van der Waals surface area (Å²) in [5.41, 5.74) is 0. The predicted molar refractivity (Wildman–Crippen MR) is 58.5 cm³/mol. The molecular formula is C10H18N2S. The molecule has 0 aromatic carbocycles. The normalized spacial score (nSPS) is 11.5. The van der Waals surface area contributed by atoms with Crippen LogP contribution in [0.1, 0.15) is 29.7 Å². The van der Waals surface area contributed by atoms with Gasteiger partial charge in [-0.25, -0.2) is 4.98 Å². The molecule has 2 nitrogen and oxygen atoms in total. The van der Waals surface area contributed by atoms with Crippen molar-refractivity contribution in [2.45, 2.75) is 26.2 Å². The summed E-state index contributed by atoms with van der Waals surface area (Å²) in [6.07, 6.45) is 3.09. The number of rotatable bonds is 4. The van der Waals surface area contributed by atoms with Crippen LogP contribution in [0, 0.1) is 0 Å². The second-order valence-corrected chi connectivity index (χ2v) is 5.01. The third kappa shape index (κ3) is 3.44. The largest absolute Gasteiger partial charge is 0.309 e. The zero-order valence-corrected chi connectivity index (χ0v) is 9.69. The molecule has 1 aromatic rings. The van der Waals surface area contributed by atoms with Crippen molar-refractivity contribution in [2.75, 3.05) is 20.6 Å². The van der Waals surface area contributed by atoms with Gasteiger partial charge in [-0.05, 0) is 20.0 Å². The highest BCUT2D eigenvalue weighted by molar-refractivity contribution is 7.11. The Labute approximate surface area is 84.6 Å². The van der Waals surface area contributed by atoms with Gasteiger partial charge in [-0.3, -0.25) is 0 Å². The molecule has 0 unspecified atom stereocenters. The van der Waals surface area contributed by atoms with Gasteiger partial charge in [0.1, 0.15) is 0 Å². The predicted octanol–water partition coefficient (Wildman–Crippen LogP) is 2.37. The summed E-state index contributed by atoms with van der Waals surface area (Å²) < 4.78 is 0. The SMILES string of the molecule is CC(C)c1cnc(CCN(C)C)s1. The average molecular weight is 198 g/mol. The quantitative estimate of drug-likeness (QED) is 0.738. The average Bonchev–Trinajstić information content (AvgIpc) is 2.48. The van der Waals surface area contributed by atoms with Crippen molar-refractivity contribution in [2.24, 2.45) is 0 Å². The first-order valence-corrected chi connectivity index (χ1v) is 5.50. The van der Waals surface area contributed by atoms with Crippen LogP contribution in [0.25, 0.3) is 0 Å². The molecule has 3 heteroatoms. The Hall–Kier alpha value is -0.410. The van der Waals surface area contributed by atoms with Crippen LogP contribution >= 0.6 is 11.3 Å². The van der Waals surface area contributed by atoms with E-state index in [4.69, 9.17) is 0 Å². The van der Waals surface area contributed by atoms with Gasteiger partial charge in [0.15, 0.2) is 0 Å². The van der Waals surface area contributed by atoms with Gasteiger partial charge in [0, 0.05) is 24.0 Å². The standard InChI is InChI=1S/C10H18N2S/c1-8(2)9-7-11-10(13-9)5-6-12(3)4/h7-8H,5-6H2,1-4H3. The van der Waals surface area contributed by atoms with E-state index in [0.717, 1.165) is 13.0 Å². The van der Waals surface area contributed by atoms with E-state index in [9.17, 15) is 0 Å². The Morgan fingerprint density at radius 1 is 1.46 bits per heavy atom. The van der Waals surface area contributed by atoms with Gasteiger partial charge < -0.3 is 4.90 Å². The Balaban J connectivity index is 2.49. The molecule has 13 heavy (non-hydrogen) atoms. The molecule has 0 fully saturated rings. The summed E-state index contributed by atoms with van der Waals surface area (Å²) in [5, 5.41) is 1.26. The van der Waals surface area contributed by atoms with Crippen molar-refractivity contribution in [3.63, 3.8) is 0 Å². The lowest BCUT2D eigenvalue weighted by Gasteiger charge is -2.06. The molecule has 0 aliphatic rings. The Morgan fingerprint density at radius 2 is 2.15 bits per heavy atom. The molecule has 0 radical (unpaired) electrons. The third-order valence-electron chi connectivity index (χ3n) is 1.91. The Morgan fingerprint density at radius 3 is 2.62 bits per heavy atom. The summed E-state index contributed by atoms with van der Waals surface area (Å²) in [6.45, 7) is 5.51. The molecule has 74 valence electrons. The topological polar surface area (TPSA) is 16.1 Å². The van der Waals surface area contributed by atoms with Crippen LogP contribution in [-0.2, 0) is 6.42 Å². The van der Waals surface area contributed by atoms with E-state index in [2.05, 4.69) is 37.8 Å². The highest BCUT2D eigenvalue weighted by Gasteiger charge is 2.05. The zero-order chi connectivity index (χ0) is 9.84. The van der Waals surface area contributed by atoms with Crippen LogP contribution in [0.4, 0.5) is 0 Å². The van der Waals surface area contributed by atoms with Crippen molar-refractivity contribution in [3.8, 4) is 0 Å². The number of likely N-dealkylation sites (N-methyl/N-ethyl adjacent to an activating group) is 1. The maximum Gasteiger partial charge on any atom is 0.0940 e. The Bertz CT molecular complexity index is 253. The van der Waals surface area contributed by atoms with Crippen molar-refractivity contribution in [1.82, 2.24) is 9.88 Å². The summed E-state index contributed by atoms with van der Waals surface area (Å²) in [6, 6.07) is 0. The van der Waals surface area contributed by atoms with Crippen LogP contribution in [0.2, 0.25) is 0 Å². The molecule has 1 rings (SSSR count). The highest BCUT2D eigenvalue weighted by Crippen LogP contribution is 2.21. The van der Waals surface area contributed by atoms with Crippen LogP contribution in [-0.4, -0.2) is 30.5 Å². The summed E-state index contributed by atoms with van der Waals surface area (Å²) in [7, 11) is 4.19. The maximum absolute atomic E-state index is 4.40. The maximum atomic E-state index is 4.40. The number of hydrogen-bond acceptors (Lipinski definition) is 3. The lowest BCUT2D eigenvalue weighted by atomic mass is 10.2. The second-order valence-electron chi connectivity index (χ2n) is 3.86.